The molecular weight excluding hydrogens is 208 g/mol. The van der Waals surface area contributed by atoms with Crippen molar-refractivity contribution < 1.29 is 19.7 Å². The smallest absolute Gasteiger partial charge is 0.184 e. The molecule has 1 aliphatic rings. The van der Waals surface area contributed by atoms with Gasteiger partial charge in [0.15, 0.2) is 6.29 Å². The van der Waals surface area contributed by atoms with Crippen LogP contribution in [0.4, 0.5) is 0 Å². The maximum absolute atomic E-state index is 9.89. The van der Waals surface area contributed by atoms with Gasteiger partial charge in [0.05, 0.1) is 13.2 Å². The van der Waals surface area contributed by atoms with E-state index in [1.165, 1.54) is 0 Å². The molecule has 16 heavy (non-hydrogen) atoms. The Balaban J connectivity index is 2.11. The molecule has 3 atom stereocenters. The summed E-state index contributed by atoms with van der Waals surface area (Å²) < 4.78 is 10.9. The minimum Gasteiger partial charge on any atom is -0.394 e. The SMILES string of the molecule is C[C@@]1(O)CO[C@H](c2ccccc2)O[C@@H]1CO. The summed E-state index contributed by atoms with van der Waals surface area (Å²) >= 11 is 0. The van der Waals surface area contributed by atoms with Crippen LogP contribution in [0, 0.1) is 0 Å². The van der Waals surface area contributed by atoms with Gasteiger partial charge in [-0.2, -0.15) is 0 Å². The summed E-state index contributed by atoms with van der Waals surface area (Å²) in [7, 11) is 0. The lowest BCUT2D eigenvalue weighted by Crippen LogP contribution is -2.52. The molecule has 0 saturated carbocycles. The first kappa shape index (κ1) is 11.5. The molecule has 1 aliphatic heterocycles. The molecule has 0 aromatic heterocycles. The van der Waals surface area contributed by atoms with Crippen molar-refractivity contribution in [3.8, 4) is 0 Å². The summed E-state index contributed by atoms with van der Waals surface area (Å²) in [6.45, 7) is 1.52. The summed E-state index contributed by atoms with van der Waals surface area (Å²) in [5.41, 5.74) is -0.253. The van der Waals surface area contributed by atoms with E-state index in [4.69, 9.17) is 14.6 Å². The second-order valence-electron chi connectivity index (χ2n) is 4.22. The van der Waals surface area contributed by atoms with Gasteiger partial charge >= 0.3 is 0 Å². The second-order valence-corrected chi connectivity index (χ2v) is 4.22. The van der Waals surface area contributed by atoms with Crippen LogP contribution in [0.15, 0.2) is 30.3 Å². The predicted octanol–water partition coefficient (Wildman–Crippen LogP) is 0.844. The van der Waals surface area contributed by atoms with Gasteiger partial charge in [-0.1, -0.05) is 30.3 Å². The van der Waals surface area contributed by atoms with Crippen molar-refractivity contribution in [1.29, 1.82) is 0 Å². The van der Waals surface area contributed by atoms with Gasteiger partial charge in [0.1, 0.15) is 11.7 Å². The standard InChI is InChI=1S/C12H16O4/c1-12(14)8-15-11(16-10(12)7-13)9-5-3-2-4-6-9/h2-6,10-11,13-14H,7-8H2,1H3/t10-,11+,12-/m1/s1. The minimum absolute atomic E-state index is 0.151. The molecule has 1 heterocycles. The van der Waals surface area contributed by atoms with Crippen LogP contribution in [-0.4, -0.2) is 35.1 Å². The van der Waals surface area contributed by atoms with Crippen molar-refractivity contribution in [2.75, 3.05) is 13.2 Å². The Morgan fingerprint density at radius 2 is 2.06 bits per heavy atom. The maximum atomic E-state index is 9.89. The Morgan fingerprint density at radius 3 is 2.69 bits per heavy atom. The van der Waals surface area contributed by atoms with Crippen LogP contribution in [-0.2, 0) is 9.47 Å². The normalized spacial score (nSPS) is 34.9. The van der Waals surface area contributed by atoms with E-state index < -0.39 is 18.0 Å². The molecule has 4 nitrogen and oxygen atoms in total. The highest BCUT2D eigenvalue weighted by atomic mass is 16.7. The molecule has 1 fully saturated rings. The zero-order valence-corrected chi connectivity index (χ0v) is 9.17. The van der Waals surface area contributed by atoms with Crippen LogP contribution in [0.1, 0.15) is 18.8 Å². The van der Waals surface area contributed by atoms with E-state index in [0.29, 0.717) is 0 Å². The number of aliphatic hydroxyl groups is 2. The third kappa shape index (κ3) is 2.25. The van der Waals surface area contributed by atoms with Crippen LogP contribution in [0.3, 0.4) is 0 Å². The average molecular weight is 224 g/mol. The fourth-order valence-electron chi connectivity index (χ4n) is 1.70. The van der Waals surface area contributed by atoms with E-state index in [0.717, 1.165) is 5.56 Å². The van der Waals surface area contributed by atoms with Gasteiger partial charge in [-0.3, -0.25) is 0 Å². The summed E-state index contributed by atoms with van der Waals surface area (Å²) in [6.07, 6.45) is -1.13. The van der Waals surface area contributed by atoms with E-state index in [-0.39, 0.29) is 13.2 Å². The van der Waals surface area contributed by atoms with Crippen molar-refractivity contribution in [1.82, 2.24) is 0 Å². The maximum Gasteiger partial charge on any atom is 0.184 e. The molecule has 1 aromatic carbocycles. The fourth-order valence-corrected chi connectivity index (χ4v) is 1.70. The van der Waals surface area contributed by atoms with Crippen molar-refractivity contribution >= 4 is 0 Å². The highest BCUT2D eigenvalue weighted by molar-refractivity contribution is 5.16. The summed E-state index contributed by atoms with van der Waals surface area (Å²) in [6, 6.07) is 9.47. The Labute approximate surface area is 94.4 Å². The molecule has 2 rings (SSSR count). The summed E-state index contributed by atoms with van der Waals surface area (Å²) in [5.74, 6) is 0. The van der Waals surface area contributed by atoms with Crippen LogP contribution < -0.4 is 0 Å². The van der Waals surface area contributed by atoms with Crippen molar-refractivity contribution in [3.63, 3.8) is 0 Å². The third-order valence-electron chi connectivity index (χ3n) is 2.75. The third-order valence-corrected chi connectivity index (χ3v) is 2.75. The average Bonchev–Trinajstić information content (AvgIpc) is 2.30. The zero-order chi connectivity index (χ0) is 11.6. The molecule has 0 bridgehead atoms. The first-order valence-electron chi connectivity index (χ1n) is 5.29. The molecule has 0 amide bonds. The van der Waals surface area contributed by atoms with E-state index in [1.807, 2.05) is 30.3 Å². The summed E-state index contributed by atoms with van der Waals surface area (Å²) in [4.78, 5) is 0. The zero-order valence-electron chi connectivity index (χ0n) is 9.17. The molecule has 0 unspecified atom stereocenters. The van der Waals surface area contributed by atoms with Gasteiger partial charge in [0, 0.05) is 5.56 Å². The lowest BCUT2D eigenvalue weighted by molar-refractivity contribution is -0.294. The van der Waals surface area contributed by atoms with Gasteiger partial charge in [-0.05, 0) is 6.92 Å². The highest BCUT2D eigenvalue weighted by Gasteiger charge is 2.40. The van der Waals surface area contributed by atoms with Crippen LogP contribution in [0.5, 0.6) is 0 Å². The molecule has 88 valence electrons. The fraction of sp³-hybridized carbons (Fsp3) is 0.500. The molecule has 1 saturated heterocycles. The van der Waals surface area contributed by atoms with E-state index in [2.05, 4.69) is 0 Å². The van der Waals surface area contributed by atoms with E-state index >= 15 is 0 Å². The Bertz CT molecular complexity index is 336. The van der Waals surface area contributed by atoms with Gasteiger partial charge in [0.2, 0.25) is 0 Å². The lowest BCUT2D eigenvalue weighted by Gasteiger charge is -2.39. The van der Waals surface area contributed by atoms with Crippen molar-refractivity contribution in [3.05, 3.63) is 35.9 Å². The number of rotatable bonds is 2. The molecule has 1 aromatic rings. The lowest BCUT2D eigenvalue weighted by atomic mass is 9.99. The monoisotopic (exact) mass is 224 g/mol. The minimum atomic E-state index is -1.14. The van der Waals surface area contributed by atoms with Gasteiger partial charge < -0.3 is 19.7 Å². The van der Waals surface area contributed by atoms with E-state index in [1.54, 1.807) is 6.92 Å². The second kappa shape index (κ2) is 4.51. The number of hydrogen-bond acceptors (Lipinski definition) is 4. The predicted molar refractivity (Wildman–Crippen MR) is 57.7 cm³/mol. The number of benzene rings is 1. The first-order chi connectivity index (χ1) is 7.63. The Morgan fingerprint density at radius 1 is 1.38 bits per heavy atom. The number of aliphatic hydroxyl groups excluding tert-OH is 1. The largest absolute Gasteiger partial charge is 0.394 e. The molecule has 0 radical (unpaired) electrons. The number of hydrogen-bond donors (Lipinski definition) is 2. The molecular formula is C12H16O4. The molecule has 0 aliphatic carbocycles. The van der Waals surface area contributed by atoms with Crippen molar-refractivity contribution in [2.45, 2.75) is 24.9 Å². The number of ether oxygens (including phenoxy) is 2. The Hall–Kier alpha value is -0.940. The van der Waals surface area contributed by atoms with Crippen LogP contribution in [0.2, 0.25) is 0 Å². The van der Waals surface area contributed by atoms with Gasteiger partial charge in [-0.25, -0.2) is 0 Å². The molecule has 2 N–H and O–H groups in total. The van der Waals surface area contributed by atoms with Gasteiger partial charge in [-0.15, -0.1) is 0 Å². The first-order valence-corrected chi connectivity index (χ1v) is 5.29. The van der Waals surface area contributed by atoms with Crippen molar-refractivity contribution in [2.24, 2.45) is 0 Å². The summed E-state index contributed by atoms with van der Waals surface area (Å²) in [5, 5.41) is 19.0. The quantitative estimate of drug-likeness (QED) is 0.781. The van der Waals surface area contributed by atoms with Crippen LogP contribution in [0.25, 0.3) is 0 Å². The molecule has 4 heteroatoms. The van der Waals surface area contributed by atoms with Gasteiger partial charge in [0.25, 0.3) is 0 Å². The highest BCUT2D eigenvalue weighted by Crippen LogP contribution is 2.30. The van der Waals surface area contributed by atoms with E-state index in [9.17, 15) is 5.11 Å². The Kier molecular flexibility index (Phi) is 3.25. The topological polar surface area (TPSA) is 58.9 Å². The molecule has 0 spiro atoms. The van der Waals surface area contributed by atoms with Crippen LogP contribution >= 0.6 is 0 Å².